The molecule has 7 nitrogen and oxygen atoms in total. The molecular formula is C18H17N3O4S2. The van der Waals surface area contributed by atoms with E-state index < -0.39 is 0 Å². The van der Waals surface area contributed by atoms with Crippen LogP contribution in [0.4, 0.5) is 5.82 Å². The predicted octanol–water partition coefficient (Wildman–Crippen LogP) is 3.22. The van der Waals surface area contributed by atoms with Gasteiger partial charge in [-0.15, -0.1) is 0 Å². The minimum Gasteiger partial charge on any atom is -0.497 e. The van der Waals surface area contributed by atoms with Gasteiger partial charge in [0.15, 0.2) is 5.82 Å². The van der Waals surface area contributed by atoms with Crippen LogP contribution in [0.25, 0.3) is 6.08 Å². The molecule has 1 saturated heterocycles. The lowest BCUT2D eigenvalue weighted by Crippen LogP contribution is -2.31. The van der Waals surface area contributed by atoms with Crippen molar-refractivity contribution in [2.75, 3.05) is 19.0 Å². The fraction of sp³-hybridized carbons (Fsp3) is 0.222. The number of rotatable bonds is 6. The Kier molecular flexibility index (Phi) is 5.92. The lowest BCUT2D eigenvalue weighted by Gasteiger charge is -2.13. The summed E-state index contributed by atoms with van der Waals surface area (Å²) in [7, 11) is 1.60. The summed E-state index contributed by atoms with van der Waals surface area (Å²) in [4.78, 5) is 26.6. The number of carbonyl (C=O) groups excluding carboxylic acids is 2. The van der Waals surface area contributed by atoms with Crippen molar-refractivity contribution >= 4 is 52.0 Å². The summed E-state index contributed by atoms with van der Waals surface area (Å²) in [6, 6.07) is 8.98. The number of ether oxygens (including phenoxy) is 1. The quantitative estimate of drug-likeness (QED) is 0.585. The van der Waals surface area contributed by atoms with Crippen molar-refractivity contribution in [3.05, 3.63) is 46.6 Å². The van der Waals surface area contributed by atoms with Crippen LogP contribution in [0.15, 0.2) is 39.8 Å². The lowest BCUT2D eigenvalue weighted by molar-refractivity contribution is -0.122. The maximum absolute atomic E-state index is 12.6. The first-order valence-corrected chi connectivity index (χ1v) is 9.31. The second-order valence-corrected chi connectivity index (χ2v) is 7.40. The molecule has 2 amide bonds. The first-order valence-electron chi connectivity index (χ1n) is 8.09. The molecule has 27 heavy (non-hydrogen) atoms. The third kappa shape index (κ3) is 4.75. The van der Waals surface area contributed by atoms with E-state index in [4.69, 9.17) is 21.5 Å². The van der Waals surface area contributed by atoms with Crippen molar-refractivity contribution < 1.29 is 18.8 Å². The lowest BCUT2D eigenvalue weighted by atomic mass is 10.2. The smallest absolute Gasteiger partial charge is 0.266 e. The highest BCUT2D eigenvalue weighted by molar-refractivity contribution is 8.26. The van der Waals surface area contributed by atoms with Crippen molar-refractivity contribution in [3.63, 3.8) is 0 Å². The van der Waals surface area contributed by atoms with Gasteiger partial charge in [-0.1, -0.05) is 41.3 Å². The number of aryl methyl sites for hydroxylation is 1. The van der Waals surface area contributed by atoms with E-state index >= 15 is 0 Å². The van der Waals surface area contributed by atoms with Gasteiger partial charge in [0.1, 0.15) is 15.8 Å². The van der Waals surface area contributed by atoms with Gasteiger partial charge >= 0.3 is 0 Å². The number of amides is 2. The number of aromatic nitrogens is 1. The molecule has 3 rings (SSSR count). The Bertz CT molecular complexity index is 906. The van der Waals surface area contributed by atoms with Gasteiger partial charge in [-0.25, -0.2) is 0 Å². The summed E-state index contributed by atoms with van der Waals surface area (Å²) < 4.78 is 10.5. The van der Waals surface area contributed by atoms with E-state index in [1.54, 1.807) is 26.2 Å². The van der Waals surface area contributed by atoms with Gasteiger partial charge in [-0.3, -0.25) is 14.5 Å². The number of benzene rings is 1. The first kappa shape index (κ1) is 19.1. The Morgan fingerprint density at radius 1 is 1.41 bits per heavy atom. The Morgan fingerprint density at radius 3 is 2.78 bits per heavy atom. The number of anilines is 1. The van der Waals surface area contributed by atoms with Crippen molar-refractivity contribution in [3.8, 4) is 5.75 Å². The van der Waals surface area contributed by atoms with Crippen LogP contribution in [0.1, 0.15) is 17.7 Å². The minimum absolute atomic E-state index is 0.105. The summed E-state index contributed by atoms with van der Waals surface area (Å²) in [5.41, 5.74) is 0.871. The summed E-state index contributed by atoms with van der Waals surface area (Å²) >= 11 is 6.51. The molecule has 1 aromatic carbocycles. The number of nitrogens with one attached hydrogen (secondary N) is 1. The molecule has 1 N–H and O–H groups in total. The second kappa shape index (κ2) is 8.36. The fourth-order valence-corrected chi connectivity index (χ4v) is 3.70. The topological polar surface area (TPSA) is 84.7 Å². The van der Waals surface area contributed by atoms with Crippen LogP contribution >= 0.6 is 24.0 Å². The van der Waals surface area contributed by atoms with Gasteiger partial charge < -0.3 is 14.6 Å². The van der Waals surface area contributed by atoms with E-state index in [1.807, 2.05) is 24.3 Å². The predicted molar refractivity (Wildman–Crippen MR) is 107 cm³/mol. The number of hydrogen-bond acceptors (Lipinski definition) is 7. The Balaban J connectivity index is 1.60. The Hall–Kier alpha value is -2.65. The van der Waals surface area contributed by atoms with Gasteiger partial charge in [0.2, 0.25) is 5.91 Å². The third-order valence-electron chi connectivity index (χ3n) is 3.75. The molecule has 140 valence electrons. The van der Waals surface area contributed by atoms with Crippen molar-refractivity contribution in [2.45, 2.75) is 13.3 Å². The highest BCUT2D eigenvalue weighted by Crippen LogP contribution is 2.32. The van der Waals surface area contributed by atoms with Gasteiger partial charge in [0.05, 0.1) is 12.0 Å². The summed E-state index contributed by atoms with van der Waals surface area (Å²) in [5.74, 6) is 1.23. The van der Waals surface area contributed by atoms with E-state index in [2.05, 4.69) is 10.5 Å². The maximum Gasteiger partial charge on any atom is 0.266 e. The normalized spacial score (nSPS) is 15.5. The summed E-state index contributed by atoms with van der Waals surface area (Å²) in [6.45, 7) is 1.94. The van der Waals surface area contributed by atoms with Crippen LogP contribution in [-0.4, -0.2) is 39.8 Å². The van der Waals surface area contributed by atoms with E-state index in [9.17, 15) is 9.59 Å². The number of nitrogens with zero attached hydrogens (tertiary/aromatic N) is 2. The van der Waals surface area contributed by atoms with Gasteiger partial charge in [0.25, 0.3) is 5.91 Å². The van der Waals surface area contributed by atoms with Crippen LogP contribution in [0.3, 0.4) is 0 Å². The van der Waals surface area contributed by atoms with Gasteiger partial charge in [-0.2, -0.15) is 0 Å². The van der Waals surface area contributed by atoms with Crippen LogP contribution in [0, 0.1) is 6.92 Å². The SMILES string of the molecule is COc1ccc(/C=C2/SC(=S)N(CCC(=O)Nc3cc(C)on3)C2=O)cc1. The molecule has 2 aromatic rings. The Morgan fingerprint density at radius 2 is 2.15 bits per heavy atom. The molecule has 0 bridgehead atoms. The number of carbonyl (C=O) groups is 2. The largest absolute Gasteiger partial charge is 0.497 e. The van der Waals surface area contributed by atoms with Crippen LogP contribution in [0.2, 0.25) is 0 Å². The molecule has 0 unspecified atom stereocenters. The number of hydrogen-bond donors (Lipinski definition) is 1. The Labute approximate surface area is 165 Å². The van der Waals surface area contributed by atoms with Crippen molar-refractivity contribution in [1.82, 2.24) is 10.1 Å². The number of thioether (sulfide) groups is 1. The average molecular weight is 403 g/mol. The molecule has 1 aliphatic heterocycles. The molecule has 1 aliphatic rings. The molecule has 0 atom stereocenters. The van der Waals surface area contributed by atoms with Gasteiger partial charge in [-0.05, 0) is 30.7 Å². The zero-order chi connectivity index (χ0) is 19.4. The van der Waals surface area contributed by atoms with Crippen LogP contribution in [0.5, 0.6) is 5.75 Å². The minimum atomic E-state index is -0.267. The average Bonchev–Trinajstić information content (AvgIpc) is 3.17. The molecule has 0 aliphatic carbocycles. The second-order valence-electron chi connectivity index (χ2n) is 5.73. The zero-order valence-electron chi connectivity index (χ0n) is 14.7. The van der Waals surface area contributed by atoms with Crippen molar-refractivity contribution in [2.24, 2.45) is 0 Å². The zero-order valence-corrected chi connectivity index (χ0v) is 16.4. The van der Waals surface area contributed by atoms with Gasteiger partial charge in [0, 0.05) is 19.0 Å². The molecule has 1 fully saturated rings. The number of methoxy groups -OCH3 is 1. The van der Waals surface area contributed by atoms with Crippen LogP contribution < -0.4 is 10.1 Å². The number of thiocarbonyl (C=S) groups is 1. The van der Waals surface area contributed by atoms with Crippen LogP contribution in [-0.2, 0) is 9.59 Å². The summed E-state index contributed by atoms with van der Waals surface area (Å²) in [5, 5.41) is 6.32. The highest BCUT2D eigenvalue weighted by Gasteiger charge is 2.32. The molecular weight excluding hydrogens is 386 g/mol. The molecule has 1 aromatic heterocycles. The molecule has 2 heterocycles. The standard InChI is InChI=1S/C18H17N3O4S2/c1-11-9-15(20-25-11)19-16(22)7-8-21-17(23)14(27-18(21)26)10-12-3-5-13(24-2)6-4-12/h3-6,9-10H,7-8H2,1-2H3,(H,19,20,22)/b14-10+. The molecule has 0 spiro atoms. The first-order chi connectivity index (χ1) is 13.0. The van der Waals surface area contributed by atoms with E-state index in [0.29, 0.717) is 20.8 Å². The highest BCUT2D eigenvalue weighted by atomic mass is 32.2. The fourth-order valence-electron chi connectivity index (χ4n) is 2.39. The molecule has 0 saturated carbocycles. The molecule has 9 heteroatoms. The summed E-state index contributed by atoms with van der Waals surface area (Å²) in [6.07, 6.45) is 1.88. The third-order valence-corrected chi connectivity index (χ3v) is 5.12. The van der Waals surface area contributed by atoms with E-state index in [-0.39, 0.29) is 24.8 Å². The monoisotopic (exact) mass is 403 g/mol. The van der Waals surface area contributed by atoms with E-state index in [1.165, 1.54) is 16.7 Å². The maximum atomic E-state index is 12.6. The van der Waals surface area contributed by atoms with E-state index in [0.717, 1.165) is 11.3 Å². The van der Waals surface area contributed by atoms with Crippen molar-refractivity contribution in [1.29, 1.82) is 0 Å². The molecule has 0 radical (unpaired) electrons.